The van der Waals surface area contributed by atoms with Gasteiger partial charge in [-0.3, -0.25) is 0 Å². The van der Waals surface area contributed by atoms with E-state index in [1.54, 1.807) is 12.1 Å². The van der Waals surface area contributed by atoms with Crippen LogP contribution in [0.2, 0.25) is 0 Å². The fourth-order valence-corrected chi connectivity index (χ4v) is 2.02. The van der Waals surface area contributed by atoms with Gasteiger partial charge in [0.15, 0.2) is 0 Å². The lowest BCUT2D eigenvalue weighted by Gasteiger charge is -2.06. The van der Waals surface area contributed by atoms with E-state index in [2.05, 4.69) is 9.97 Å². The quantitative estimate of drug-likeness (QED) is 0.599. The third-order valence-corrected chi connectivity index (χ3v) is 2.77. The highest BCUT2D eigenvalue weighted by molar-refractivity contribution is 5.72. The highest BCUT2D eigenvalue weighted by Crippen LogP contribution is 2.36. The molecule has 0 aliphatic heterocycles. The van der Waals surface area contributed by atoms with Crippen LogP contribution in [0.3, 0.4) is 0 Å². The summed E-state index contributed by atoms with van der Waals surface area (Å²) in [5.41, 5.74) is 2.92. The molecule has 3 rings (SSSR count). The maximum absolute atomic E-state index is 12.5. The number of halogens is 3. The highest BCUT2D eigenvalue weighted by Gasteiger charge is 2.36. The van der Waals surface area contributed by atoms with Crippen molar-refractivity contribution in [2.45, 2.75) is 12.6 Å². The zero-order chi connectivity index (χ0) is 12.0. The average molecular weight is 236 g/mol. The minimum atomic E-state index is -4.49. The van der Waals surface area contributed by atoms with Crippen molar-refractivity contribution in [2.24, 2.45) is 0 Å². The number of aromatic nitrogens is 2. The number of fused-ring (bicyclic) bond motifs is 3. The van der Waals surface area contributed by atoms with Crippen molar-refractivity contribution < 1.29 is 13.2 Å². The van der Waals surface area contributed by atoms with Crippen molar-refractivity contribution in [1.29, 1.82) is 0 Å². The summed E-state index contributed by atoms with van der Waals surface area (Å²) in [6, 6.07) is 7.34. The Morgan fingerprint density at radius 3 is 2.59 bits per heavy atom. The molecule has 0 radical (unpaired) electrons. The third-order valence-electron chi connectivity index (χ3n) is 2.77. The monoisotopic (exact) mass is 236 g/mol. The van der Waals surface area contributed by atoms with Crippen molar-refractivity contribution in [3.8, 4) is 11.3 Å². The number of alkyl halides is 3. The van der Waals surface area contributed by atoms with E-state index in [-0.39, 0.29) is 0 Å². The molecule has 0 spiro atoms. The molecule has 0 saturated heterocycles. The average Bonchev–Trinajstić information content (AvgIpc) is 2.65. The van der Waals surface area contributed by atoms with Gasteiger partial charge in [-0.15, -0.1) is 0 Å². The molecule has 0 fully saturated rings. The Morgan fingerprint density at radius 2 is 1.82 bits per heavy atom. The summed E-state index contributed by atoms with van der Waals surface area (Å²) in [5.74, 6) is -1.08. The summed E-state index contributed by atoms with van der Waals surface area (Å²) in [6.07, 6.45) is -2.62. The highest BCUT2D eigenvalue weighted by atomic mass is 19.4. The molecule has 1 aliphatic carbocycles. The van der Waals surface area contributed by atoms with E-state index >= 15 is 0 Å². The standard InChI is InChI=1S/C12H7F3N2/c13-12(14,15)11-16-6-8-5-7-3-1-2-4-9(7)10(8)17-11/h1-4,6H,5H2. The number of rotatable bonds is 0. The lowest BCUT2D eigenvalue weighted by atomic mass is 10.1. The van der Waals surface area contributed by atoms with Crippen LogP contribution in [0.1, 0.15) is 17.0 Å². The van der Waals surface area contributed by atoms with Crippen LogP contribution < -0.4 is 0 Å². The first-order valence-electron chi connectivity index (χ1n) is 5.07. The Bertz CT molecular complexity index is 591. The third kappa shape index (κ3) is 1.58. The maximum atomic E-state index is 12.5. The van der Waals surface area contributed by atoms with Gasteiger partial charge in [-0.25, -0.2) is 9.97 Å². The van der Waals surface area contributed by atoms with Gasteiger partial charge in [-0.2, -0.15) is 13.2 Å². The predicted octanol–water partition coefficient (Wildman–Crippen LogP) is 3.07. The van der Waals surface area contributed by atoms with E-state index in [4.69, 9.17) is 0 Å². The largest absolute Gasteiger partial charge is 0.451 e. The van der Waals surface area contributed by atoms with Gasteiger partial charge < -0.3 is 0 Å². The zero-order valence-corrected chi connectivity index (χ0v) is 8.62. The van der Waals surface area contributed by atoms with Gasteiger partial charge in [0, 0.05) is 23.7 Å². The lowest BCUT2D eigenvalue weighted by molar-refractivity contribution is -0.144. The van der Waals surface area contributed by atoms with E-state index in [1.165, 1.54) is 6.20 Å². The molecule has 0 bridgehead atoms. The fourth-order valence-electron chi connectivity index (χ4n) is 2.02. The summed E-state index contributed by atoms with van der Waals surface area (Å²) in [6.45, 7) is 0. The van der Waals surface area contributed by atoms with Crippen molar-refractivity contribution in [3.05, 3.63) is 47.4 Å². The van der Waals surface area contributed by atoms with Crippen LogP contribution in [0.15, 0.2) is 30.5 Å². The van der Waals surface area contributed by atoms with Gasteiger partial charge in [-0.05, 0) is 5.56 Å². The Kier molecular flexibility index (Phi) is 1.98. The van der Waals surface area contributed by atoms with E-state index in [1.807, 2.05) is 12.1 Å². The van der Waals surface area contributed by atoms with Crippen molar-refractivity contribution in [1.82, 2.24) is 9.97 Å². The molecule has 0 N–H and O–H groups in total. The molecule has 1 aromatic carbocycles. The van der Waals surface area contributed by atoms with E-state index in [0.717, 1.165) is 16.7 Å². The predicted molar refractivity (Wildman–Crippen MR) is 55.3 cm³/mol. The summed E-state index contributed by atoms with van der Waals surface area (Å²) >= 11 is 0. The summed E-state index contributed by atoms with van der Waals surface area (Å²) < 4.78 is 37.5. The molecule has 1 heterocycles. The molecule has 2 aromatic rings. The van der Waals surface area contributed by atoms with Crippen molar-refractivity contribution in [2.75, 3.05) is 0 Å². The Balaban J connectivity index is 2.18. The minimum Gasteiger partial charge on any atom is -0.233 e. The molecule has 17 heavy (non-hydrogen) atoms. The number of hydrogen-bond acceptors (Lipinski definition) is 2. The van der Waals surface area contributed by atoms with Gasteiger partial charge in [0.25, 0.3) is 0 Å². The van der Waals surface area contributed by atoms with Gasteiger partial charge in [0.05, 0.1) is 5.69 Å². The van der Waals surface area contributed by atoms with E-state index < -0.39 is 12.0 Å². The first kappa shape index (κ1) is 10.3. The second-order valence-corrected chi connectivity index (χ2v) is 3.90. The molecular formula is C12H7F3N2. The van der Waals surface area contributed by atoms with Gasteiger partial charge in [0.1, 0.15) is 0 Å². The topological polar surface area (TPSA) is 25.8 Å². The summed E-state index contributed by atoms with van der Waals surface area (Å²) in [7, 11) is 0. The van der Waals surface area contributed by atoms with Gasteiger partial charge >= 0.3 is 6.18 Å². The molecule has 0 unspecified atom stereocenters. The zero-order valence-electron chi connectivity index (χ0n) is 8.62. The first-order chi connectivity index (χ1) is 8.05. The lowest BCUT2D eigenvalue weighted by Crippen LogP contribution is -2.11. The van der Waals surface area contributed by atoms with Crippen LogP contribution in [0.5, 0.6) is 0 Å². The van der Waals surface area contributed by atoms with E-state index in [9.17, 15) is 13.2 Å². The molecule has 2 nitrogen and oxygen atoms in total. The number of hydrogen-bond donors (Lipinski definition) is 0. The number of benzene rings is 1. The number of nitrogens with zero attached hydrogens (tertiary/aromatic N) is 2. The molecule has 0 amide bonds. The maximum Gasteiger partial charge on any atom is 0.451 e. The summed E-state index contributed by atoms with van der Waals surface area (Å²) in [4.78, 5) is 7.00. The molecule has 86 valence electrons. The Hall–Kier alpha value is -1.91. The van der Waals surface area contributed by atoms with Crippen LogP contribution in [0.4, 0.5) is 13.2 Å². The van der Waals surface area contributed by atoms with Crippen molar-refractivity contribution in [3.63, 3.8) is 0 Å². The second kappa shape index (κ2) is 3.29. The fraction of sp³-hybridized carbons (Fsp3) is 0.167. The van der Waals surface area contributed by atoms with Crippen molar-refractivity contribution >= 4 is 0 Å². The summed E-state index contributed by atoms with van der Waals surface area (Å²) in [5, 5.41) is 0. The molecular weight excluding hydrogens is 229 g/mol. The van der Waals surface area contributed by atoms with E-state index in [0.29, 0.717) is 12.1 Å². The second-order valence-electron chi connectivity index (χ2n) is 3.90. The van der Waals surface area contributed by atoms with Crippen LogP contribution >= 0.6 is 0 Å². The normalized spacial score (nSPS) is 13.4. The SMILES string of the molecule is FC(F)(F)c1ncc2c(n1)-c1ccccc1C2. The Morgan fingerprint density at radius 1 is 1.06 bits per heavy atom. The smallest absolute Gasteiger partial charge is 0.233 e. The van der Waals surface area contributed by atoms with Crippen LogP contribution in [0.25, 0.3) is 11.3 Å². The molecule has 0 saturated carbocycles. The molecule has 0 atom stereocenters. The first-order valence-corrected chi connectivity index (χ1v) is 5.07. The Labute approximate surface area is 95.1 Å². The molecule has 1 aliphatic rings. The minimum absolute atomic E-state index is 0.405. The molecule has 5 heteroatoms. The van der Waals surface area contributed by atoms with Gasteiger partial charge in [0.2, 0.25) is 5.82 Å². The van der Waals surface area contributed by atoms with Crippen LogP contribution in [-0.4, -0.2) is 9.97 Å². The van der Waals surface area contributed by atoms with Crippen LogP contribution in [0, 0.1) is 0 Å². The molecule has 1 aromatic heterocycles. The van der Waals surface area contributed by atoms with Crippen LogP contribution in [-0.2, 0) is 12.6 Å². The van der Waals surface area contributed by atoms with Gasteiger partial charge in [-0.1, -0.05) is 24.3 Å².